The molecule has 1 aromatic rings. The molecular formula is C22H36N2. The van der Waals surface area contributed by atoms with E-state index in [1.807, 2.05) is 0 Å². The second-order valence-electron chi connectivity index (χ2n) is 7.03. The van der Waals surface area contributed by atoms with Crippen molar-refractivity contribution in [1.82, 2.24) is 10.2 Å². The van der Waals surface area contributed by atoms with E-state index in [1.54, 1.807) is 0 Å². The lowest BCUT2D eigenvalue weighted by atomic mass is 9.98. The Morgan fingerprint density at radius 1 is 1.12 bits per heavy atom. The normalized spacial score (nSPS) is 20.2. The first-order valence-corrected chi connectivity index (χ1v) is 10.0. The number of nitrogens with zero attached hydrogens (tertiary/aromatic N) is 1. The average Bonchev–Trinajstić information content (AvgIpc) is 2.64. The molecule has 0 saturated carbocycles. The van der Waals surface area contributed by atoms with Gasteiger partial charge in [0.15, 0.2) is 0 Å². The van der Waals surface area contributed by atoms with E-state index in [2.05, 4.69) is 60.5 Å². The highest BCUT2D eigenvalue weighted by atomic mass is 15.2. The topological polar surface area (TPSA) is 15.3 Å². The molecule has 0 radical (unpaired) electrons. The molecule has 2 nitrogen and oxygen atoms in total. The SMILES string of the molecule is C1=Cc2ccccc2CC1.CCCCCN1CCNCC1CCC. The summed E-state index contributed by atoms with van der Waals surface area (Å²) < 4.78 is 0. The Morgan fingerprint density at radius 2 is 2.00 bits per heavy atom. The molecule has 3 rings (SSSR count). The van der Waals surface area contributed by atoms with Crippen molar-refractivity contribution in [3.05, 3.63) is 41.5 Å². The van der Waals surface area contributed by atoms with Crippen molar-refractivity contribution in [1.29, 1.82) is 0 Å². The summed E-state index contributed by atoms with van der Waals surface area (Å²) in [5.74, 6) is 0. The lowest BCUT2D eigenvalue weighted by Crippen LogP contribution is -2.51. The maximum absolute atomic E-state index is 3.50. The van der Waals surface area contributed by atoms with Gasteiger partial charge in [-0.2, -0.15) is 0 Å². The second-order valence-corrected chi connectivity index (χ2v) is 7.03. The van der Waals surface area contributed by atoms with Crippen molar-refractivity contribution in [2.24, 2.45) is 0 Å². The monoisotopic (exact) mass is 328 g/mol. The van der Waals surface area contributed by atoms with Gasteiger partial charge in [0.2, 0.25) is 0 Å². The van der Waals surface area contributed by atoms with Crippen molar-refractivity contribution < 1.29 is 0 Å². The fourth-order valence-electron chi connectivity index (χ4n) is 3.65. The van der Waals surface area contributed by atoms with Crippen molar-refractivity contribution in [2.75, 3.05) is 26.2 Å². The maximum atomic E-state index is 3.50. The Bertz CT molecular complexity index is 479. The van der Waals surface area contributed by atoms with Gasteiger partial charge >= 0.3 is 0 Å². The third-order valence-electron chi connectivity index (χ3n) is 5.08. The van der Waals surface area contributed by atoms with Gasteiger partial charge in [-0.15, -0.1) is 0 Å². The predicted octanol–water partition coefficient (Wildman–Crippen LogP) is 4.90. The van der Waals surface area contributed by atoms with Crippen molar-refractivity contribution in [3.8, 4) is 0 Å². The predicted molar refractivity (Wildman–Crippen MR) is 106 cm³/mol. The Kier molecular flexibility index (Phi) is 9.15. The molecule has 1 fully saturated rings. The van der Waals surface area contributed by atoms with Crippen molar-refractivity contribution in [2.45, 2.75) is 64.8 Å². The van der Waals surface area contributed by atoms with Crippen molar-refractivity contribution >= 4 is 6.08 Å². The lowest BCUT2D eigenvalue weighted by Gasteiger charge is -2.36. The Morgan fingerprint density at radius 3 is 2.79 bits per heavy atom. The molecule has 1 atom stereocenters. The molecule has 1 saturated heterocycles. The Hall–Kier alpha value is -1.12. The van der Waals surface area contributed by atoms with E-state index < -0.39 is 0 Å². The summed E-state index contributed by atoms with van der Waals surface area (Å²) in [4.78, 5) is 2.69. The van der Waals surface area contributed by atoms with Gasteiger partial charge in [0.1, 0.15) is 0 Å². The average molecular weight is 329 g/mol. The summed E-state index contributed by atoms with van der Waals surface area (Å²) in [6.45, 7) is 9.54. The zero-order valence-electron chi connectivity index (χ0n) is 15.8. The van der Waals surface area contributed by atoms with E-state index in [1.165, 1.54) is 82.3 Å². The van der Waals surface area contributed by atoms with Gasteiger partial charge in [-0.05, 0) is 43.4 Å². The zero-order valence-corrected chi connectivity index (χ0v) is 15.8. The van der Waals surface area contributed by atoms with Gasteiger partial charge in [0.25, 0.3) is 0 Å². The van der Waals surface area contributed by atoms with Crippen LogP contribution >= 0.6 is 0 Å². The number of hydrogen-bond donors (Lipinski definition) is 1. The van der Waals surface area contributed by atoms with Crippen LogP contribution in [0.15, 0.2) is 30.3 Å². The van der Waals surface area contributed by atoms with Gasteiger partial charge in [-0.3, -0.25) is 4.90 Å². The molecule has 24 heavy (non-hydrogen) atoms. The number of allylic oxidation sites excluding steroid dienone is 1. The number of nitrogens with one attached hydrogen (secondary N) is 1. The maximum Gasteiger partial charge on any atom is 0.0221 e. The summed E-state index contributed by atoms with van der Waals surface area (Å²) >= 11 is 0. The first kappa shape index (κ1) is 19.2. The molecule has 1 unspecified atom stereocenters. The number of fused-ring (bicyclic) bond motifs is 1. The van der Waals surface area contributed by atoms with E-state index in [0.717, 1.165) is 6.04 Å². The van der Waals surface area contributed by atoms with E-state index >= 15 is 0 Å². The van der Waals surface area contributed by atoms with Crippen LogP contribution in [0.4, 0.5) is 0 Å². The standard InChI is InChI=1S/C12H26N2.C10H10/c1-3-5-6-9-14-10-8-13-11-12(14)7-4-2;1-2-6-10-8-4-3-7-9(10)5-1/h12-13H,3-11H2,1-2H3;1-3,5-7H,4,8H2. The molecule has 2 heteroatoms. The third-order valence-corrected chi connectivity index (χ3v) is 5.08. The molecular weight excluding hydrogens is 292 g/mol. The first-order valence-electron chi connectivity index (χ1n) is 10.0. The van der Waals surface area contributed by atoms with E-state index in [0.29, 0.717) is 0 Å². The minimum atomic E-state index is 0.811. The Balaban J connectivity index is 0.000000182. The van der Waals surface area contributed by atoms with Crippen LogP contribution in [0.3, 0.4) is 0 Å². The summed E-state index contributed by atoms with van der Waals surface area (Å²) in [5.41, 5.74) is 2.89. The Labute approximate surface area is 149 Å². The van der Waals surface area contributed by atoms with E-state index in [9.17, 15) is 0 Å². The first-order chi connectivity index (χ1) is 11.8. The summed E-state index contributed by atoms with van der Waals surface area (Å²) in [6, 6.07) is 9.39. The third kappa shape index (κ3) is 6.41. The van der Waals surface area contributed by atoms with Crippen LogP contribution in [0.1, 0.15) is 63.5 Å². The largest absolute Gasteiger partial charge is 0.314 e. The zero-order chi connectivity index (χ0) is 17.0. The summed E-state index contributed by atoms with van der Waals surface area (Å²) in [5, 5.41) is 3.50. The fraction of sp³-hybridized carbons (Fsp3) is 0.636. The van der Waals surface area contributed by atoms with Crippen LogP contribution in [0.5, 0.6) is 0 Å². The molecule has 1 aliphatic carbocycles. The number of piperazine rings is 1. The number of rotatable bonds is 6. The summed E-state index contributed by atoms with van der Waals surface area (Å²) in [7, 11) is 0. The minimum Gasteiger partial charge on any atom is -0.314 e. The molecule has 2 aliphatic rings. The summed E-state index contributed by atoms with van der Waals surface area (Å²) in [6.07, 6.45) is 13.7. The fourth-order valence-corrected chi connectivity index (χ4v) is 3.65. The highest BCUT2D eigenvalue weighted by Crippen LogP contribution is 2.17. The smallest absolute Gasteiger partial charge is 0.0221 e. The van der Waals surface area contributed by atoms with Gasteiger partial charge in [-0.1, -0.05) is 69.5 Å². The van der Waals surface area contributed by atoms with Gasteiger partial charge in [0, 0.05) is 25.7 Å². The molecule has 0 spiro atoms. The van der Waals surface area contributed by atoms with Crippen molar-refractivity contribution in [3.63, 3.8) is 0 Å². The van der Waals surface area contributed by atoms with Crippen LogP contribution in [-0.4, -0.2) is 37.1 Å². The van der Waals surface area contributed by atoms with Gasteiger partial charge < -0.3 is 5.32 Å². The number of hydrogen-bond acceptors (Lipinski definition) is 2. The van der Waals surface area contributed by atoms with Crippen LogP contribution in [0.25, 0.3) is 6.08 Å². The molecule has 0 bridgehead atoms. The van der Waals surface area contributed by atoms with Crippen LogP contribution in [0.2, 0.25) is 0 Å². The van der Waals surface area contributed by atoms with E-state index in [-0.39, 0.29) is 0 Å². The second kappa shape index (κ2) is 11.4. The number of unbranched alkanes of at least 4 members (excludes halogenated alkanes) is 2. The molecule has 1 aromatic carbocycles. The highest BCUT2D eigenvalue weighted by molar-refractivity contribution is 5.55. The van der Waals surface area contributed by atoms with Gasteiger partial charge in [0.05, 0.1) is 0 Å². The lowest BCUT2D eigenvalue weighted by molar-refractivity contribution is 0.149. The molecule has 1 aliphatic heterocycles. The molecule has 1 heterocycles. The van der Waals surface area contributed by atoms with Crippen LogP contribution < -0.4 is 5.32 Å². The number of aryl methyl sites for hydroxylation is 1. The molecule has 0 amide bonds. The van der Waals surface area contributed by atoms with Crippen LogP contribution in [0, 0.1) is 0 Å². The minimum absolute atomic E-state index is 0.811. The van der Waals surface area contributed by atoms with E-state index in [4.69, 9.17) is 0 Å². The molecule has 134 valence electrons. The number of benzene rings is 1. The van der Waals surface area contributed by atoms with Crippen LogP contribution in [-0.2, 0) is 6.42 Å². The highest BCUT2D eigenvalue weighted by Gasteiger charge is 2.20. The molecule has 0 aromatic heterocycles. The molecule has 1 N–H and O–H groups in total. The van der Waals surface area contributed by atoms with Gasteiger partial charge in [-0.25, -0.2) is 0 Å². The quantitative estimate of drug-likeness (QED) is 0.747.